The smallest absolute Gasteiger partial charge is 0.275 e. The molecule has 134 valence electrons. The quantitative estimate of drug-likeness (QED) is 0.607. The highest BCUT2D eigenvalue weighted by molar-refractivity contribution is 9.10. The number of thiophene rings is 1. The average Bonchev–Trinajstić information content (AvgIpc) is 3.07. The van der Waals surface area contributed by atoms with Crippen molar-refractivity contribution in [1.29, 1.82) is 5.26 Å². The van der Waals surface area contributed by atoms with Crippen LogP contribution in [0.2, 0.25) is 0 Å². The molecule has 7 heteroatoms. The van der Waals surface area contributed by atoms with Gasteiger partial charge in [0.25, 0.3) is 5.91 Å². The first-order valence-electron chi connectivity index (χ1n) is 8.11. The number of aromatic nitrogens is 2. The Bertz CT molecular complexity index is 1070. The number of amides is 1. The molecule has 3 rings (SSSR count). The van der Waals surface area contributed by atoms with E-state index in [1.54, 1.807) is 4.40 Å². The number of nitriles is 1. The van der Waals surface area contributed by atoms with Crippen LogP contribution in [0.4, 0.5) is 5.00 Å². The topological polar surface area (TPSA) is 70.2 Å². The molecular weight excluding hydrogens is 412 g/mol. The largest absolute Gasteiger partial charge is 0.311 e. The number of nitrogens with one attached hydrogen (secondary N) is 1. The van der Waals surface area contributed by atoms with Gasteiger partial charge >= 0.3 is 0 Å². The number of fused-ring (bicyclic) bond motifs is 1. The SMILES string of the molecule is Cc1cc(Br)c2nc(C)c(C(=O)Nc3scc(C(C)(C)C)c3C#N)n2c1. The van der Waals surface area contributed by atoms with E-state index < -0.39 is 0 Å². The molecule has 0 aromatic carbocycles. The molecule has 3 heterocycles. The van der Waals surface area contributed by atoms with Gasteiger partial charge in [0, 0.05) is 6.20 Å². The minimum absolute atomic E-state index is 0.161. The fraction of sp³-hybridized carbons (Fsp3) is 0.316. The first-order chi connectivity index (χ1) is 12.1. The van der Waals surface area contributed by atoms with Gasteiger partial charge in [0.1, 0.15) is 16.8 Å². The third kappa shape index (κ3) is 3.15. The van der Waals surface area contributed by atoms with Gasteiger partial charge in [-0.25, -0.2) is 4.98 Å². The number of halogens is 1. The molecule has 0 aliphatic rings. The van der Waals surface area contributed by atoms with E-state index in [2.05, 4.69) is 53.1 Å². The van der Waals surface area contributed by atoms with Crippen molar-refractivity contribution in [2.24, 2.45) is 0 Å². The van der Waals surface area contributed by atoms with Crippen LogP contribution in [0, 0.1) is 25.2 Å². The van der Waals surface area contributed by atoms with Crippen molar-refractivity contribution in [3.05, 3.63) is 50.2 Å². The molecular formula is C19H19BrN4OS. The summed E-state index contributed by atoms with van der Waals surface area (Å²) in [5.74, 6) is -0.272. The maximum Gasteiger partial charge on any atom is 0.275 e. The number of rotatable bonds is 2. The molecule has 0 aliphatic carbocycles. The summed E-state index contributed by atoms with van der Waals surface area (Å²) in [6.45, 7) is 9.93. The third-order valence-electron chi connectivity index (χ3n) is 4.14. The Balaban J connectivity index is 2.05. The monoisotopic (exact) mass is 430 g/mol. The molecule has 3 aromatic heterocycles. The summed E-state index contributed by atoms with van der Waals surface area (Å²) in [6.07, 6.45) is 1.88. The number of hydrogen-bond acceptors (Lipinski definition) is 4. The molecule has 0 spiro atoms. The Hall–Kier alpha value is -2.17. The van der Waals surface area contributed by atoms with Gasteiger partial charge in [-0.3, -0.25) is 9.20 Å². The summed E-state index contributed by atoms with van der Waals surface area (Å²) in [4.78, 5) is 17.5. The maximum absolute atomic E-state index is 13.0. The van der Waals surface area contributed by atoms with Gasteiger partial charge in [0.15, 0.2) is 5.65 Å². The number of pyridine rings is 1. The fourth-order valence-electron chi connectivity index (χ4n) is 2.89. The second kappa shape index (κ2) is 6.53. The highest BCUT2D eigenvalue weighted by atomic mass is 79.9. The van der Waals surface area contributed by atoms with Crippen molar-refractivity contribution >= 4 is 43.8 Å². The van der Waals surface area contributed by atoms with Gasteiger partial charge in [-0.1, -0.05) is 20.8 Å². The maximum atomic E-state index is 13.0. The van der Waals surface area contributed by atoms with Crippen LogP contribution in [0.5, 0.6) is 0 Å². The van der Waals surface area contributed by atoms with E-state index in [1.165, 1.54) is 11.3 Å². The van der Waals surface area contributed by atoms with Crippen LogP contribution in [0.1, 0.15) is 53.6 Å². The molecule has 0 unspecified atom stereocenters. The number of aryl methyl sites for hydroxylation is 2. The van der Waals surface area contributed by atoms with Crippen LogP contribution in [-0.4, -0.2) is 15.3 Å². The van der Waals surface area contributed by atoms with Crippen LogP contribution < -0.4 is 5.32 Å². The van der Waals surface area contributed by atoms with Crippen molar-refractivity contribution in [2.45, 2.75) is 40.0 Å². The summed E-state index contributed by atoms with van der Waals surface area (Å²) in [5, 5.41) is 15.0. The van der Waals surface area contributed by atoms with Gasteiger partial charge in [-0.2, -0.15) is 5.26 Å². The van der Waals surface area contributed by atoms with Gasteiger partial charge in [-0.15, -0.1) is 11.3 Å². The summed E-state index contributed by atoms with van der Waals surface area (Å²) in [5.41, 5.74) is 4.12. The van der Waals surface area contributed by atoms with Crippen LogP contribution in [0.25, 0.3) is 5.65 Å². The van der Waals surface area contributed by atoms with Gasteiger partial charge in [0.05, 0.1) is 15.7 Å². The zero-order chi connectivity index (χ0) is 19.2. The fourth-order valence-corrected chi connectivity index (χ4v) is 4.67. The summed E-state index contributed by atoms with van der Waals surface area (Å²) in [7, 11) is 0. The second-order valence-electron chi connectivity index (χ2n) is 7.27. The molecule has 0 saturated heterocycles. The lowest BCUT2D eigenvalue weighted by Gasteiger charge is -2.17. The standard InChI is InChI=1S/C19H19BrN4OS/c1-10-6-14(20)16-22-11(2)15(24(16)8-10)17(25)23-18-12(7-21)13(9-26-18)19(3,4)5/h6,8-9H,1-5H3,(H,23,25). The Morgan fingerprint density at radius 1 is 1.38 bits per heavy atom. The average molecular weight is 431 g/mol. The number of nitrogens with zero attached hydrogens (tertiary/aromatic N) is 3. The van der Waals surface area contributed by atoms with E-state index in [-0.39, 0.29) is 11.3 Å². The van der Waals surface area contributed by atoms with Gasteiger partial charge < -0.3 is 5.32 Å². The van der Waals surface area contributed by atoms with Crippen molar-refractivity contribution in [2.75, 3.05) is 5.32 Å². The van der Waals surface area contributed by atoms with Crippen molar-refractivity contribution < 1.29 is 4.79 Å². The van der Waals surface area contributed by atoms with E-state index in [4.69, 9.17) is 0 Å². The molecule has 0 saturated carbocycles. The lowest BCUT2D eigenvalue weighted by molar-refractivity contribution is 0.102. The highest BCUT2D eigenvalue weighted by Gasteiger charge is 2.25. The summed E-state index contributed by atoms with van der Waals surface area (Å²) >= 11 is 4.88. The zero-order valence-corrected chi connectivity index (χ0v) is 17.7. The molecule has 26 heavy (non-hydrogen) atoms. The molecule has 1 N–H and O–H groups in total. The van der Waals surface area contributed by atoms with Crippen molar-refractivity contribution in [1.82, 2.24) is 9.38 Å². The van der Waals surface area contributed by atoms with Crippen LogP contribution in [-0.2, 0) is 5.41 Å². The minimum atomic E-state index is -0.272. The molecule has 0 radical (unpaired) electrons. The van der Waals surface area contributed by atoms with E-state index in [0.717, 1.165) is 15.6 Å². The first-order valence-corrected chi connectivity index (χ1v) is 9.79. The van der Waals surface area contributed by atoms with Gasteiger partial charge in [0.2, 0.25) is 0 Å². The number of carbonyl (C=O) groups excluding carboxylic acids is 1. The van der Waals surface area contributed by atoms with Gasteiger partial charge in [-0.05, 0) is 57.8 Å². The predicted molar refractivity (Wildman–Crippen MR) is 108 cm³/mol. The lowest BCUT2D eigenvalue weighted by atomic mass is 9.86. The van der Waals surface area contributed by atoms with Crippen LogP contribution in [0.3, 0.4) is 0 Å². The number of anilines is 1. The number of carbonyl (C=O) groups is 1. The normalized spacial score (nSPS) is 11.6. The van der Waals surface area contributed by atoms with Crippen molar-refractivity contribution in [3.63, 3.8) is 0 Å². The van der Waals surface area contributed by atoms with Crippen LogP contribution in [0.15, 0.2) is 22.1 Å². The minimum Gasteiger partial charge on any atom is -0.311 e. The van der Waals surface area contributed by atoms with E-state index in [1.807, 2.05) is 31.5 Å². The molecule has 3 aromatic rings. The van der Waals surface area contributed by atoms with E-state index in [0.29, 0.717) is 27.6 Å². The van der Waals surface area contributed by atoms with Crippen molar-refractivity contribution in [3.8, 4) is 6.07 Å². The summed E-state index contributed by atoms with van der Waals surface area (Å²) in [6, 6.07) is 4.20. The first kappa shape index (κ1) is 18.6. The lowest BCUT2D eigenvalue weighted by Crippen LogP contribution is -2.17. The predicted octanol–water partition coefficient (Wildman–Crippen LogP) is 5.20. The molecule has 1 amide bonds. The molecule has 0 bridgehead atoms. The Labute approximate surface area is 164 Å². The molecule has 0 fully saturated rings. The molecule has 0 aliphatic heterocycles. The Morgan fingerprint density at radius 2 is 2.08 bits per heavy atom. The Morgan fingerprint density at radius 3 is 2.69 bits per heavy atom. The zero-order valence-electron chi connectivity index (χ0n) is 15.3. The number of imidazole rings is 1. The molecule has 5 nitrogen and oxygen atoms in total. The summed E-state index contributed by atoms with van der Waals surface area (Å²) < 4.78 is 2.62. The Kier molecular flexibility index (Phi) is 4.67. The van der Waals surface area contributed by atoms with Crippen LogP contribution >= 0.6 is 27.3 Å². The highest BCUT2D eigenvalue weighted by Crippen LogP contribution is 2.36. The van der Waals surface area contributed by atoms with E-state index >= 15 is 0 Å². The third-order valence-corrected chi connectivity index (χ3v) is 5.62. The van der Waals surface area contributed by atoms with E-state index in [9.17, 15) is 10.1 Å². The second-order valence-corrected chi connectivity index (χ2v) is 9.01. The number of hydrogen-bond donors (Lipinski definition) is 1. The molecule has 0 atom stereocenters.